The van der Waals surface area contributed by atoms with Crippen LogP contribution >= 0.6 is 0 Å². The standard InChI is InChI=1S/C33H29N3O9/c1-4-36-31-19(10-9-18-13-26-27(14-20(18)31)44-17-43-26)21-15-25(42-3)28(16-22(21)32(36)40)45-33(41)35(2)24-8-6-5-7-23(24)34-29(37)11-12-30(38)39/h5-10,13-16H,4,11-12,17H2,1-3H3,(H,34,37)(H,38,39). The molecule has 0 saturated carbocycles. The molecule has 0 radical (unpaired) electrons. The van der Waals surface area contributed by atoms with Crippen molar-refractivity contribution in [2.45, 2.75) is 26.3 Å². The number of aromatic nitrogens is 1. The molecule has 0 bridgehead atoms. The number of carbonyl (C=O) groups is 3. The number of aliphatic carboxylic acids is 1. The highest BCUT2D eigenvalue weighted by Gasteiger charge is 2.23. The molecule has 45 heavy (non-hydrogen) atoms. The molecule has 0 unspecified atom stereocenters. The molecule has 0 fully saturated rings. The van der Waals surface area contributed by atoms with Crippen LogP contribution in [0.5, 0.6) is 23.0 Å². The first-order valence-electron chi connectivity index (χ1n) is 14.2. The molecule has 0 aliphatic carbocycles. The molecule has 4 aromatic carbocycles. The Balaban J connectivity index is 1.39. The van der Waals surface area contributed by atoms with Crippen LogP contribution in [0.1, 0.15) is 19.8 Å². The lowest BCUT2D eigenvalue weighted by molar-refractivity contribution is -0.138. The van der Waals surface area contributed by atoms with E-state index in [1.54, 1.807) is 34.9 Å². The van der Waals surface area contributed by atoms with Crippen LogP contribution in [0.3, 0.4) is 0 Å². The Morgan fingerprint density at radius 3 is 2.40 bits per heavy atom. The highest BCUT2D eigenvalue weighted by molar-refractivity contribution is 6.16. The molecule has 2 amide bonds. The Kier molecular flexibility index (Phi) is 7.63. The van der Waals surface area contributed by atoms with Crippen LogP contribution in [0.15, 0.2) is 65.5 Å². The van der Waals surface area contributed by atoms with E-state index in [-0.39, 0.29) is 36.7 Å². The normalized spacial score (nSPS) is 12.0. The summed E-state index contributed by atoms with van der Waals surface area (Å²) in [7, 11) is 2.90. The van der Waals surface area contributed by atoms with E-state index in [0.29, 0.717) is 40.2 Å². The van der Waals surface area contributed by atoms with Gasteiger partial charge in [0.2, 0.25) is 12.7 Å². The maximum Gasteiger partial charge on any atom is 0.419 e. The molecule has 12 heteroatoms. The van der Waals surface area contributed by atoms with Gasteiger partial charge in [0, 0.05) is 36.2 Å². The van der Waals surface area contributed by atoms with Crippen LogP contribution in [0.4, 0.5) is 16.2 Å². The third kappa shape index (κ3) is 5.30. The van der Waals surface area contributed by atoms with Gasteiger partial charge in [-0.2, -0.15) is 0 Å². The lowest BCUT2D eigenvalue weighted by Gasteiger charge is -2.21. The van der Waals surface area contributed by atoms with Gasteiger partial charge in [0.1, 0.15) is 0 Å². The molecule has 12 nitrogen and oxygen atoms in total. The van der Waals surface area contributed by atoms with Crippen LogP contribution in [0.25, 0.3) is 32.4 Å². The second-order valence-electron chi connectivity index (χ2n) is 10.4. The first-order chi connectivity index (χ1) is 21.7. The number of hydrogen-bond donors (Lipinski definition) is 2. The maximum atomic E-state index is 13.9. The van der Waals surface area contributed by atoms with Gasteiger partial charge in [-0.25, -0.2) is 4.79 Å². The number of pyridine rings is 1. The molecule has 2 N–H and O–H groups in total. The fraction of sp³-hybridized carbons (Fsp3) is 0.212. The number of carboxylic acid groups (broad SMARTS) is 1. The van der Waals surface area contributed by atoms with E-state index < -0.39 is 18.0 Å². The molecule has 1 aromatic heterocycles. The largest absolute Gasteiger partial charge is 0.493 e. The van der Waals surface area contributed by atoms with Gasteiger partial charge in [-0.05, 0) is 48.7 Å². The predicted molar refractivity (Wildman–Crippen MR) is 168 cm³/mol. The van der Waals surface area contributed by atoms with Crippen LogP contribution in [-0.2, 0) is 16.1 Å². The van der Waals surface area contributed by atoms with Crippen molar-refractivity contribution in [3.63, 3.8) is 0 Å². The van der Waals surface area contributed by atoms with E-state index in [9.17, 15) is 19.2 Å². The summed E-state index contributed by atoms with van der Waals surface area (Å²) >= 11 is 0. The van der Waals surface area contributed by atoms with Crippen molar-refractivity contribution in [2.75, 3.05) is 31.2 Å². The number of para-hydroxylation sites is 2. The Morgan fingerprint density at radius 2 is 1.67 bits per heavy atom. The number of benzene rings is 4. The molecule has 0 spiro atoms. The van der Waals surface area contributed by atoms with Gasteiger partial charge >= 0.3 is 12.1 Å². The Labute approximate surface area is 256 Å². The predicted octanol–water partition coefficient (Wildman–Crippen LogP) is 5.50. The average molecular weight is 612 g/mol. The fourth-order valence-corrected chi connectivity index (χ4v) is 5.52. The molecule has 1 aliphatic rings. The van der Waals surface area contributed by atoms with Crippen LogP contribution in [-0.4, -0.2) is 48.6 Å². The second kappa shape index (κ2) is 11.7. The molecule has 0 saturated heterocycles. The summed E-state index contributed by atoms with van der Waals surface area (Å²) in [5.74, 6) is -0.0816. The molecule has 230 valence electrons. The average Bonchev–Trinajstić information content (AvgIpc) is 3.50. The van der Waals surface area contributed by atoms with Crippen molar-refractivity contribution in [2.24, 2.45) is 0 Å². The SMILES string of the molecule is CCn1c(=O)c2cc(OC(=O)N(C)c3ccccc3NC(=O)CCC(=O)O)c(OC)cc2c2ccc3cc4c(cc3c21)OCO4. The number of anilines is 2. The zero-order valence-corrected chi connectivity index (χ0v) is 24.7. The lowest BCUT2D eigenvalue weighted by Crippen LogP contribution is -2.30. The molecule has 5 aromatic rings. The number of aryl methyl sites for hydroxylation is 1. The van der Waals surface area contributed by atoms with E-state index >= 15 is 0 Å². The number of nitrogens with one attached hydrogen (secondary N) is 1. The van der Waals surface area contributed by atoms with Crippen molar-refractivity contribution >= 4 is 61.8 Å². The van der Waals surface area contributed by atoms with Crippen molar-refractivity contribution in [1.29, 1.82) is 0 Å². The Bertz CT molecular complexity index is 2090. The van der Waals surface area contributed by atoms with Gasteiger partial charge in [-0.3, -0.25) is 19.3 Å². The molecule has 2 heterocycles. The van der Waals surface area contributed by atoms with E-state index in [2.05, 4.69) is 5.32 Å². The number of amides is 2. The topological polar surface area (TPSA) is 146 Å². The summed E-state index contributed by atoms with van der Waals surface area (Å²) in [5.41, 5.74) is 1.08. The molecule has 0 atom stereocenters. The van der Waals surface area contributed by atoms with Crippen LogP contribution < -0.4 is 34.7 Å². The number of carboxylic acids is 1. The second-order valence-corrected chi connectivity index (χ2v) is 10.4. The number of nitrogens with zero attached hydrogens (tertiary/aromatic N) is 2. The van der Waals surface area contributed by atoms with E-state index in [1.165, 1.54) is 25.1 Å². The zero-order valence-electron chi connectivity index (χ0n) is 24.7. The minimum Gasteiger partial charge on any atom is -0.493 e. The smallest absolute Gasteiger partial charge is 0.419 e. The summed E-state index contributed by atoms with van der Waals surface area (Å²) in [4.78, 5) is 51.6. The first kappa shape index (κ1) is 29.3. The third-order valence-corrected chi connectivity index (χ3v) is 7.72. The maximum absolute atomic E-state index is 13.9. The monoisotopic (exact) mass is 611 g/mol. The fourth-order valence-electron chi connectivity index (χ4n) is 5.52. The van der Waals surface area contributed by atoms with Gasteiger partial charge in [0.15, 0.2) is 23.0 Å². The zero-order chi connectivity index (χ0) is 31.8. The number of methoxy groups -OCH3 is 1. The molecule has 6 rings (SSSR count). The summed E-state index contributed by atoms with van der Waals surface area (Å²) in [6, 6.07) is 17.4. The summed E-state index contributed by atoms with van der Waals surface area (Å²) in [6.07, 6.45) is -1.36. The van der Waals surface area contributed by atoms with Crippen molar-refractivity contribution in [3.8, 4) is 23.0 Å². The van der Waals surface area contributed by atoms with E-state index in [0.717, 1.165) is 21.7 Å². The number of hydrogen-bond acceptors (Lipinski definition) is 8. The molecular weight excluding hydrogens is 582 g/mol. The molecular formula is C33H29N3O9. The number of carbonyl (C=O) groups excluding carboxylic acids is 2. The summed E-state index contributed by atoms with van der Waals surface area (Å²) < 4.78 is 24.2. The molecule has 1 aliphatic heterocycles. The van der Waals surface area contributed by atoms with Crippen molar-refractivity contribution < 1.29 is 38.4 Å². The lowest BCUT2D eigenvalue weighted by atomic mass is 10.00. The quantitative estimate of drug-likeness (QED) is 0.217. The Morgan fingerprint density at radius 1 is 0.933 bits per heavy atom. The minimum absolute atomic E-state index is 0.0353. The van der Waals surface area contributed by atoms with Crippen molar-refractivity contribution in [1.82, 2.24) is 4.57 Å². The minimum atomic E-state index is -1.09. The summed E-state index contributed by atoms with van der Waals surface area (Å²) in [6.45, 7) is 2.40. The number of rotatable bonds is 8. The van der Waals surface area contributed by atoms with Gasteiger partial charge < -0.3 is 33.9 Å². The van der Waals surface area contributed by atoms with Gasteiger partial charge in [-0.15, -0.1) is 0 Å². The van der Waals surface area contributed by atoms with Gasteiger partial charge in [0.25, 0.3) is 5.56 Å². The van der Waals surface area contributed by atoms with Crippen LogP contribution in [0.2, 0.25) is 0 Å². The van der Waals surface area contributed by atoms with Gasteiger partial charge in [0.05, 0.1) is 35.8 Å². The van der Waals surface area contributed by atoms with Gasteiger partial charge in [-0.1, -0.05) is 24.3 Å². The Hall–Kier alpha value is -5.78. The van der Waals surface area contributed by atoms with Crippen molar-refractivity contribution in [3.05, 3.63) is 71.0 Å². The number of ether oxygens (including phenoxy) is 4. The first-order valence-corrected chi connectivity index (χ1v) is 14.2. The van der Waals surface area contributed by atoms with Crippen LogP contribution in [0, 0.1) is 0 Å². The third-order valence-electron chi connectivity index (χ3n) is 7.72. The van der Waals surface area contributed by atoms with E-state index in [1.807, 2.05) is 31.2 Å². The summed E-state index contributed by atoms with van der Waals surface area (Å²) in [5, 5.41) is 15.0. The highest BCUT2D eigenvalue weighted by atomic mass is 16.7. The number of fused-ring (bicyclic) bond motifs is 6. The highest BCUT2D eigenvalue weighted by Crippen LogP contribution is 2.41. The van der Waals surface area contributed by atoms with E-state index in [4.69, 9.17) is 24.1 Å².